The Kier molecular flexibility index (Phi) is 5.81. The second kappa shape index (κ2) is 8.25. The van der Waals surface area contributed by atoms with Crippen molar-refractivity contribution >= 4 is 12.0 Å². The summed E-state index contributed by atoms with van der Waals surface area (Å²) >= 11 is 0. The molecule has 0 bridgehead atoms. The molecular formula is C20H26N2O4. The summed E-state index contributed by atoms with van der Waals surface area (Å²) in [6.45, 7) is 1.74. The molecule has 0 radical (unpaired) electrons. The van der Waals surface area contributed by atoms with E-state index in [0.717, 1.165) is 37.0 Å². The number of carbonyl (C=O) groups excluding carboxylic acids is 2. The fourth-order valence-electron chi connectivity index (χ4n) is 3.59. The molecule has 0 unspecified atom stereocenters. The van der Waals surface area contributed by atoms with Gasteiger partial charge in [0.25, 0.3) is 0 Å². The number of hydrogen-bond donors (Lipinski definition) is 2. The normalized spacial score (nSPS) is 21.5. The van der Waals surface area contributed by atoms with E-state index in [4.69, 9.17) is 9.47 Å². The molecule has 1 aliphatic heterocycles. The van der Waals surface area contributed by atoms with E-state index in [0.29, 0.717) is 11.3 Å². The summed E-state index contributed by atoms with van der Waals surface area (Å²) in [5.41, 5.74) is 1.81. The first-order chi connectivity index (χ1) is 12.6. The number of esters is 1. The molecule has 0 aromatic heterocycles. The van der Waals surface area contributed by atoms with Gasteiger partial charge < -0.3 is 20.1 Å². The number of nitrogens with one attached hydrogen (secondary N) is 2. The van der Waals surface area contributed by atoms with Gasteiger partial charge in [0, 0.05) is 5.70 Å². The minimum Gasteiger partial charge on any atom is -0.497 e. The second-order valence-electron chi connectivity index (χ2n) is 6.86. The fraction of sp³-hybridized carbons (Fsp3) is 0.500. The van der Waals surface area contributed by atoms with Crippen LogP contribution in [0.3, 0.4) is 0 Å². The van der Waals surface area contributed by atoms with Crippen LogP contribution < -0.4 is 15.4 Å². The molecule has 1 fully saturated rings. The first-order valence-corrected chi connectivity index (χ1v) is 9.21. The molecule has 0 saturated heterocycles. The van der Waals surface area contributed by atoms with E-state index in [-0.39, 0.29) is 18.1 Å². The lowest BCUT2D eigenvalue weighted by atomic mass is 9.95. The number of benzene rings is 1. The lowest BCUT2D eigenvalue weighted by Crippen LogP contribution is -2.45. The number of urea groups is 1. The molecule has 1 atom stereocenters. The standard InChI is InChI=1S/C20H26N2O4/c1-13-17(19(23)26-16-7-5-3-4-6-8-16)18(22-20(24)21-13)14-9-11-15(25-2)12-10-14/h9-12,16,18H,3-8H2,1-2H3,(H2,21,22,24)/t18-/m0/s1. The molecule has 3 rings (SSSR count). The average molecular weight is 358 g/mol. The van der Waals surface area contributed by atoms with Gasteiger partial charge in [-0.05, 0) is 50.3 Å². The van der Waals surface area contributed by atoms with Crippen LogP contribution in [0.25, 0.3) is 0 Å². The Labute approximate surface area is 153 Å². The van der Waals surface area contributed by atoms with Crippen LogP contribution in [0.15, 0.2) is 35.5 Å². The molecule has 2 aliphatic rings. The third kappa shape index (κ3) is 4.18. The number of hydrogen-bond acceptors (Lipinski definition) is 4. The van der Waals surface area contributed by atoms with Gasteiger partial charge >= 0.3 is 12.0 Å². The molecule has 0 spiro atoms. The third-order valence-electron chi connectivity index (χ3n) is 5.01. The summed E-state index contributed by atoms with van der Waals surface area (Å²) in [4.78, 5) is 24.9. The summed E-state index contributed by atoms with van der Waals surface area (Å²) in [5, 5.41) is 5.52. The molecule has 1 aliphatic carbocycles. The molecular weight excluding hydrogens is 332 g/mol. The van der Waals surface area contributed by atoms with E-state index < -0.39 is 6.04 Å². The molecule has 1 heterocycles. The van der Waals surface area contributed by atoms with Crippen molar-refractivity contribution < 1.29 is 19.1 Å². The van der Waals surface area contributed by atoms with Crippen LogP contribution in [0.2, 0.25) is 0 Å². The summed E-state index contributed by atoms with van der Waals surface area (Å²) in [6.07, 6.45) is 6.35. The highest BCUT2D eigenvalue weighted by molar-refractivity contribution is 5.95. The van der Waals surface area contributed by atoms with Crippen molar-refractivity contribution in [2.75, 3.05) is 7.11 Å². The van der Waals surface area contributed by atoms with Crippen molar-refractivity contribution in [3.05, 3.63) is 41.1 Å². The van der Waals surface area contributed by atoms with Crippen LogP contribution >= 0.6 is 0 Å². The van der Waals surface area contributed by atoms with Gasteiger partial charge in [-0.2, -0.15) is 0 Å². The summed E-state index contributed by atoms with van der Waals surface area (Å²) in [6, 6.07) is 6.46. The lowest BCUT2D eigenvalue weighted by molar-refractivity contribution is -0.145. The highest BCUT2D eigenvalue weighted by Gasteiger charge is 2.33. The summed E-state index contributed by atoms with van der Waals surface area (Å²) < 4.78 is 11.0. The number of allylic oxidation sites excluding steroid dienone is 1. The molecule has 26 heavy (non-hydrogen) atoms. The highest BCUT2D eigenvalue weighted by Crippen LogP contribution is 2.30. The molecule has 2 N–H and O–H groups in total. The topological polar surface area (TPSA) is 76.7 Å². The highest BCUT2D eigenvalue weighted by atomic mass is 16.5. The van der Waals surface area contributed by atoms with Gasteiger partial charge in [-0.15, -0.1) is 0 Å². The zero-order valence-corrected chi connectivity index (χ0v) is 15.3. The molecule has 6 heteroatoms. The Bertz CT molecular complexity index is 688. The molecule has 1 aromatic rings. The molecule has 2 amide bonds. The van der Waals surface area contributed by atoms with Gasteiger partial charge in [0.1, 0.15) is 11.9 Å². The monoisotopic (exact) mass is 358 g/mol. The van der Waals surface area contributed by atoms with Gasteiger partial charge in [-0.3, -0.25) is 0 Å². The Morgan fingerprint density at radius 1 is 1.08 bits per heavy atom. The predicted octanol–water partition coefficient (Wildman–Crippen LogP) is 3.59. The van der Waals surface area contributed by atoms with Crippen LogP contribution in [0.4, 0.5) is 4.79 Å². The van der Waals surface area contributed by atoms with Gasteiger partial charge in [0.2, 0.25) is 0 Å². The summed E-state index contributed by atoms with van der Waals surface area (Å²) in [5.74, 6) is 0.361. The van der Waals surface area contributed by atoms with Crippen molar-refractivity contribution in [3.63, 3.8) is 0 Å². The van der Waals surface area contributed by atoms with Crippen LogP contribution in [-0.4, -0.2) is 25.2 Å². The quantitative estimate of drug-likeness (QED) is 0.637. The summed E-state index contributed by atoms with van der Waals surface area (Å²) in [7, 11) is 1.60. The maximum Gasteiger partial charge on any atom is 0.338 e. The van der Waals surface area contributed by atoms with Crippen LogP contribution in [-0.2, 0) is 9.53 Å². The van der Waals surface area contributed by atoms with Gasteiger partial charge in [0.05, 0.1) is 18.7 Å². The van der Waals surface area contributed by atoms with Crippen molar-refractivity contribution in [2.45, 2.75) is 57.6 Å². The van der Waals surface area contributed by atoms with Gasteiger partial charge in [-0.1, -0.05) is 25.0 Å². The Morgan fingerprint density at radius 2 is 1.73 bits per heavy atom. The maximum absolute atomic E-state index is 12.9. The zero-order valence-electron chi connectivity index (χ0n) is 15.3. The van der Waals surface area contributed by atoms with Gasteiger partial charge in [-0.25, -0.2) is 9.59 Å². The molecule has 6 nitrogen and oxygen atoms in total. The second-order valence-corrected chi connectivity index (χ2v) is 6.86. The third-order valence-corrected chi connectivity index (χ3v) is 5.01. The van der Waals surface area contributed by atoms with Gasteiger partial charge in [0.15, 0.2) is 0 Å². The first-order valence-electron chi connectivity index (χ1n) is 9.21. The number of ether oxygens (including phenoxy) is 2. The van der Waals surface area contributed by atoms with Crippen LogP contribution in [0.1, 0.15) is 57.1 Å². The van der Waals surface area contributed by atoms with Crippen LogP contribution in [0, 0.1) is 0 Å². The maximum atomic E-state index is 12.9. The largest absolute Gasteiger partial charge is 0.497 e. The lowest BCUT2D eigenvalue weighted by Gasteiger charge is -2.29. The zero-order chi connectivity index (χ0) is 18.5. The SMILES string of the molecule is COc1ccc([C@@H]2NC(=O)NC(C)=C2C(=O)OC2CCCCCC2)cc1. The van der Waals surface area contributed by atoms with Crippen molar-refractivity contribution in [3.8, 4) is 5.75 Å². The fourth-order valence-corrected chi connectivity index (χ4v) is 3.59. The molecule has 1 saturated carbocycles. The van der Waals surface area contributed by atoms with Crippen molar-refractivity contribution in [1.82, 2.24) is 10.6 Å². The van der Waals surface area contributed by atoms with E-state index in [1.54, 1.807) is 14.0 Å². The minimum absolute atomic E-state index is 0.0422. The number of amides is 2. The smallest absolute Gasteiger partial charge is 0.338 e. The number of carbonyl (C=O) groups is 2. The predicted molar refractivity (Wildman–Crippen MR) is 97.7 cm³/mol. The average Bonchev–Trinajstić information content (AvgIpc) is 2.89. The van der Waals surface area contributed by atoms with E-state index in [1.807, 2.05) is 24.3 Å². The number of rotatable bonds is 4. The number of methoxy groups -OCH3 is 1. The first kappa shape index (κ1) is 18.3. The van der Waals surface area contributed by atoms with E-state index >= 15 is 0 Å². The van der Waals surface area contributed by atoms with Crippen molar-refractivity contribution in [1.29, 1.82) is 0 Å². The molecule has 1 aromatic carbocycles. The Morgan fingerprint density at radius 3 is 2.35 bits per heavy atom. The van der Waals surface area contributed by atoms with E-state index in [9.17, 15) is 9.59 Å². The molecule has 140 valence electrons. The Hall–Kier alpha value is -2.50. The minimum atomic E-state index is -0.534. The van der Waals surface area contributed by atoms with E-state index in [1.165, 1.54) is 12.8 Å². The van der Waals surface area contributed by atoms with Crippen molar-refractivity contribution in [2.24, 2.45) is 0 Å². The van der Waals surface area contributed by atoms with E-state index in [2.05, 4.69) is 10.6 Å². The van der Waals surface area contributed by atoms with Crippen LogP contribution in [0.5, 0.6) is 5.75 Å². The Balaban J connectivity index is 1.83.